The van der Waals surface area contributed by atoms with E-state index < -0.39 is 0 Å². The van der Waals surface area contributed by atoms with Crippen molar-refractivity contribution in [2.24, 2.45) is 0 Å². The van der Waals surface area contributed by atoms with E-state index in [9.17, 15) is 4.79 Å². The van der Waals surface area contributed by atoms with Crippen molar-refractivity contribution in [1.29, 1.82) is 0 Å². The first-order valence-electron chi connectivity index (χ1n) is 9.32. The highest BCUT2D eigenvalue weighted by Gasteiger charge is 2.22. The predicted molar refractivity (Wildman–Crippen MR) is 108 cm³/mol. The van der Waals surface area contributed by atoms with Gasteiger partial charge in [0, 0.05) is 37.8 Å². The van der Waals surface area contributed by atoms with E-state index in [4.69, 9.17) is 4.74 Å². The number of rotatable bonds is 6. The lowest BCUT2D eigenvalue weighted by atomic mass is 10.1. The van der Waals surface area contributed by atoms with E-state index in [1.54, 1.807) is 12.3 Å². The molecule has 1 aromatic carbocycles. The lowest BCUT2D eigenvalue weighted by Gasteiger charge is -2.28. The Morgan fingerprint density at radius 2 is 2.07 bits per heavy atom. The van der Waals surface area contributed by atoms with Crippen molar-refractivity contribution in [2.75, 3.05) is 13.2 Å². The van der Waals surface area contributed by atoms with Crippen molar-refractivity contribution in [3.8, 4) is 17.3 Å². The van der Waals surface area contributed by atoms with E-state index in [1.807, 2.05) is 36.4 Å². The molecule has 0 aliphatic carbocycles. The Morgan fingerprint density at radius 1 is 1.21 bits per heavy atom. The predicted octanol–water partition coefficient (Wildman–Crippen LogP) is 2.96. The number of hydrogen-bond donors (Lipinski definition) is 1. The van der Waals surface area contributed by atoms with Gasteiger partial charge < -0.3 is 9.72 Å². The van der Waals surface area contributed by atoms with Crippen LogP contribution in [0.15, 0.2) is 66.1 Å². The van der Waals surface area contributed by atoms with Crippen LogP contribution >= 0.6 is 0 Å². The Kier molecular flexibility index (Phi) is 5.30. The minimum Gasteiger partial charge on any atom is -0.489 e. The van der Waals surface area contributed by atoms with E-state index in [1.165, 1.54) is 0 Å². The highest BCUT2D eigenvalue weighted by Crippen LogP contribution is 2.23. The topological polar surface area (TPSA) is 71.1 Å². The molecule has 3 aromatic rings. The highest BCUT2D eigenvalue weighted by atomic mass is 16.5. The molecule has 4 rings (SSSR count). The largest absolute Gasteiger partial charge is 0.489 e. The molecule has 6 heteroatoms. The molecule has 1 N–H and O–H groups in total. The summed E-state index contributed by atoms with van der Waals surface area (Å²) in [5.74, 6) is 1.38. The third kappa shape index (κ3) is 3.87. The minimum atomic E-state index is -0.0912. The normalized spacial score (nSPS) is 13.7. The molecule has 0 amide bonds. The van der Waals surface area contributed by atoms with Crippen molar-refractivity contribution in [3.63, 3.8) is 0 Å². The lowest BCUT2D eigenvalue weighted by Crippen LogP contribution is -2.35. The van der Waals surface area contributed by atoms with Crippen molar-refractivity contribution in [3.05, 3.63) is 88.5 Å². The monoisotopic (exact) mass is 374 g/mol. The molecule has 28 heavy (non-hydrogen) atoms. The molecule has 0 saturated heterocycles. The van der Waals surface area contributed by atoms with Crippen molar-refractivity contribution >= 4 is 0 Å². The van der Waals surface area contributed by atoms with Gasteiger partial charge in [-0.05, 0) is 18.2 Å². The minimum absolute atomic E-state index is 0.0912. The fraction of sp³-hybridized carbons (Fsp3) is 0.227. The molecule has 0 fully saturated rings. The van der Waals surface area contributed by atoms with E-state index in [-0.39, 0.29) is 5.56 Å². The third-order valence-corrected chi connectivity index (χ3v) is 4.78. The van der Waals surface area contributed by atoms with Gasteiger partial charge in [0.15, 0.2) is 5.82 Å². The summed E-state index contributed by atoms with van der Waals surface area (Å²) in [4.78, 5) is 26.8. The summed E-state index contributed by atoms with van der Waals surface area (Å²) in [7, 11) is 0. The first-order chi connectivity index (χ1) is 13.7. The number of aromatic amines is 1. The van der Waals surface area contributed by atoms with Crippen LogP contribution in [0.5, 0.6) is 5.75 Å². The molecule has 0 atom stereocenters. The fourth-order valence-electron chi connectivity index (χ4n) is 3.40. The van der Waals surface area contributed by atoms with E-state index in [0.29, 0.717) is 31.2 Å². The second-order valence-electron chi connectivity index (χ2n) is 6.72. The molecule has 2 aromatic heterocycles. The Morgan fingerprint density at radius 3 is 2.89 bits per heavy atom. The molecule has 1 aliphatic rings. The average Bonchev–Trinajstić information content (AvgIpc) is 2.74. The van der Waals surface area contributed by atoms with Crippen LogP contribution in [0, 0.1) is 0 Å². The third-order valence-electron chi connectivity index (χ3n) is 4.78. The molecular weight excluding hydrogens is 352 g/mol. The average molecular weight is 374 g/mol. The quantitative estimate of drug-likeness (QED) is 0.672. The summed E-state index contributed by atoms with van der Waals surface area (Å²) < 4.78 is 5.75. The number of H-pyrrole nitrogens is 1. The zero-order chi connectivity index (χ0) is 19.3. The number of ether oxygens (including phenoxy) is 1. The summed E-state index contributed by atoms with van der Waals surface area (Å²) in [5, 5.41) is 0. The summed E-state index contributed by atoms with van der Waals surface area (Å²) in [6.07, 6.45) is 4.16. The van der Waals surface area contributed by atoms with Crippen LogP contribution in [0.4, 0.5) is 0 Å². The number of nitrogens with one attached hydrogen (secondary N) is 1. The van der Waals surface area contributed by atoms with Crippen LogP contribution in [-0.2, 0) is 19.5 Å². The molecule has 0 spiro atoms. The van der Waals surface area contributed by atoms with Crippen molar-refractivity contribution in [2.45, 2.75) is 19.5 Å². The van der Waals surface area contributed by atoms with Crippen LogP contribution in [0.1, 0.15) is 16.8 Å². The summed E-state index contributed by atoms with van der Waals surface area (Å²) in [6, 6.07) is 13.6. The Bertz CT molecular complexity index is 1030. The second kappa shape index (κ2) is 8.19. The number of benzene rings is 1. The molecular formula is C22H22N4O2. The first kappa shape index (κ1) is 18.1. The highest BCUT2D eigenvalue weighted by molar-refractivity contribution is 5.49. The van der Waals surface area contributed by atoms with Gasteiger partial charge in [0.25, 0.3) is 5.56 Å². The summed E-state index contributed by atoms with van der Waals surface area (Å²) in [6.45, 7) is 6.29. The molecule has 6 nitrogen and oxygen atoms in total. The number of fused-ring (bicyclic) bond motifs is 1. The van der Waals surface area contributed by atoms with Gasteiger partial charge in [-0.3, -0.25) is 14.7 Å². The number of para-hydroxylation sites is 1. The van der Waals surface area contributed by atoms with Gasteiger partial charge in [-0.15, -0.1) is 0 Å². The van der Waals surface area contributed by atoms with Gasteiger partial charge in [-0.2, -0.15) is 0 Å². The summed E-state index contributed by atoms with van der Waals surface area (Å²) >= 11 is 0. The van der Waals surface area contributed by atoms with Gasteiger partial charge >= 0.3 is 0 Å². The number of aromatic nitrogens is 3. The van der Waals surface area contributed by atoms with Gasteiger partial charge in [0.05, 0.1) is 11.3 Å². The van der Waals surface area contributed by atoms with Crippen LogP contribution < -0.4 is 10.3 Å². The summed E-state index contributed by atoms with van der Waals surface area (Å²) in [5.41, 5.74) is 3.28. The SMILES string of the molecule is C=CCOc1ccccc1CN1CCc2nc(-c3ccccn3)[nH]c(=O)c2C1. The number of hydrogen-bond acceptors (Lipinski definition) is 5. The Balaban J connectivity index is 1.55. The second-order valence-corrected chi connectivity index (χ2v) is 6.72. The molecule has 0 radical (unpaired) electrons. The van der Waals surface area contributed by atoms with Gasteiger partial charge in [-0.1, -0.05) is 36.9 Å². The molecule has 1 aliphatic heterocycles. The molecule has 0 saturated carbocycles. The van der Waals surface area contributed by atoms with Gasteiger partial charge in [0.2, 0.25) is 0 Å². The smallest absolute Gasteiger partial charge is 0.255 e. The van der Waals surface area contributed by atoms with Gasteiger partial charge in [-0.25, -0.2) is 4.98 Å². The Hall–Kier alpha value is -3.25. The standard InChI is InChI=1S/C22H22N4O2/c1-2-13-28-20-9-4-3-7-16(20)14-26-12-10-18-17(15-26)22(27)25-21(24-18)19-8-5-6-11-23-19/h2-9,11H,1,10,12-15H2,(H,24,25,27). The zero-order valence-electron chi connectivity index (χ0n) is 15.6. The van der Waals surface area contributed by atoms with Crippen LogP contribution in [0.2, 0.25) is 0 Å². The van der Waals surface area contributed by atoms with Crippen molar-refractivity contribution in [1.82, 2.24) is 19.9 Å². The Labute approximate surface area is 163 Å². The zero-order valence-corrected chi connectivity index (χ0v) is 15.6. The van der Waals surface area contributed by atoms with Gasteiger partial charge in [0.1, 0.15) is 18.1 Å². The maximum absolute atomic E-state index is 12.7. The fourth-order valence-corrected chi connectivity index (χ4v) is 3.40. The maximum atomic E-state index is 12.7. The molecule has 142 valence electrons. The number of nitrogens with zero attached hydrogens (tertiary/aromatic N) is 3. The van der Waals surface area contributed by atoms with Crippen LogP contribution in [0.25, 0.3) is 11.5 Å². The van der Waals surface area contributed by atoms with Crippen LogP contribution in [0.3, 0.4) is 0 Å². The lowest BCUT2D eigenvalue weighted by molar-refractivity contribution is 0.237. The van der Waals surface area contributed by atoms with E-state index >= 15 is 0 Å². The maximum Gasteiger partial charge on any atom is 0.255 e. The first-order valence-corrected chi connectivity index (χ1v) is 9.32. The van der Waals surface area contributed by atoms with E-state index in [2.05, 4.69) is 32.5 Å². The van der Waals surface area contributed by atoms with E-state index in [0.717, 1.165) is 35.5 Å². The molecule has 3 heterocycles. The molecule has 0 bridgehead atoms. The van der Waals surface area contributed by atoms with Crippen molar-refractivity contribution < 1.29 is 4.74 Å². The number of pyridine rings is 1. The van der Waals surface area contributed by atoms with Crippen LogP contribution in [-0.4, -0.2) is 33.0 Å². The molecule has 0 unspecified atom stereocenters.